The van der Waals surface area contributed by atoms with Crippen molar-refractivity contribution in [2.45, 2.75) is 33.6 Å². The number of carbonyl (C=O) groups is 1. The van der Waals surface area contributed by atoms with Crippen molar-refractivity contribution in [3.05, 3.63) is 0 Å². The number of thiocarbonyl (C=S) groups is 1. The summed E-state index contributed by atoms with van der Waals surface area (Å²) in [6, 6.07) is 0. The van der Waals surface area contributed by atoms with Crippen LogP contribution in [0.15, 0.2) is 0 Å². The normalized spacial score (nSPS) is 10.9. The number of nitrogens with two attached hydrogens (primary N) is 1. The minimum Gasteiger partial charge on any atom is -0.369 e. The molecule has 0 aliphatic rings. The number of carbonyl (C=O) groups excluding carboxylic acids is 1. The molecule has 15 heavy (non-hydrogen) atoms. The van der Waals surface area contributed by atoms with Crippen molar-refractivity contribution in [2.24, 2.45) is 11.1 Å². The summed E-state index contributed by atoms with van der Waals surface area (Å²) < 4.78 is 0. The molecular weight excluding hydrogens is 210 g/mol. The smallest absolute Gasteiger partial charge is 0.224 e. The predicted molar refractivity (Wildman–Crippen MR) is 66.5 cm³/mol. The van der Waals surface area contributed by atoms with Gasteiger partial charge in [-0.3, -0.25) is 4.79 Å². The van der Waals surface area contributed by atoms with Crippen molar-refractivity contribution in [2.75, 3.05) is 13.1 Å². The van der Waals surface area contributed by atoms with Crippen molar-refractivity contribution in [1.29, 1.82) is 0 Å². The molecule has 0 rings (SSSR count). The molecule has 0 saturated heterocycles. The van der Waals surface area contributed by atoms with Crippen LogP contribution in [0.1, 0.15) is 33.6 Å². The molecule has 0 atom stereocenters. The maximum absolute atomic E-state index is 11.0. The van der Waals surface area contributed by atoms with Crippen LogP contribution in [0.4, 0.5) is 0 Å². The zero-order chi connectivity index (χ0) is 11.9. The first-order valence-electron chi connectivity index (χ1n) is 5.21. The van der Waals surface area contributed by atoms with Crippen LogP contribution in [0.3, 0.4) is 0 Å². The fourth-order valence-corrected chi connectivity index (χ4v) is 1.00. The van der Waals surface area contributed by atoms with Gasteiger partial charge in [0.2, 0.25) is 5.91 Å². The van der Waals surface area contributed by atoms with E-state index in [1.54, 1.807) is 13.8 Å². The van der Waals surface area contributed by atoms with Gasteiger partial charge < -0.3 is 16.4 Å². The molecule has 4 nitrogen and oxygen atoms in total. The summed E-state index contributed by atoms with van der Waals surface area (Å²) in [5.41, 5.74) is 4.66. The summed E-state index contributed by atoms with van der Waals surface area (Å²) >= 11 is 5.05. The van der Waals surface area contributed by atoms with E-state index in [9.17, 15) is 4.79 Å². The Balaban J connectivity index is 3.75. The molecule has 0 unspecified atom stereocenters. The van der Waals surface area contributed by atoms with E-state index >= 15 is 0 Å². The second-order valence-electron chi connectivity index (χ2n) is 4.21. The molecule has 0 radical (unpaired) electrons. The van der Waals surface area contributed by atoms with Gasteiger partial charge >= 0.3 is 0 Å². The van der Waals surface area contributed by atoms with E-state index < -0.39 is 5.41 Å². The summed E-state index contributed by atoms with van der Waals surface area (Å²) in [6.45, 7) is 7.02. The topological polar surface area (TPSA) is 67.2 Å². The lowest BCUT2D eigenvalue weighted by atomic mass is 9.93. The lowest BCUT2D eigenvalue weighted by Gasteiger charge is -2.21. The number of hydrogen-bond acceptors (Lipinski definition) is 2. The van der Waals surface area contributed by atoms with Crippen LogP contribution in [-0.4, -0.2) is 24.1 Å². The third kappa shape index (κ3) is 6.28. The van der Waals surface area contributed by atoms with Gasteiger partial charge in [0, 0.05) is 13.1 Å². The van der Waals surface area contributed by atoms with Gasteiger partial charge in [-0.1, -0.05) is 13.3 Å². The molecule has 0 spiro atoms. The molecule has 88 valence electrons. The number of amides is 1. The van der Waals surface area contributed by atoms with E-state index in [0.717, 1.165) is 19.4 Å². The summed E-state index contributed by atoms with van der Waals surface area (Å²) in [5.74, 6) is -0.327. The third-order valence-corrected chi connectivity index (χ3v) is 2.46. The first-order chi connectivity index (χ1) is 6.90. The predicted octanol–water partition coefficient (Wildman–Crippen LogP) is 0.762. The Labute approximate surface area is 97.0 Å². The van der Waals surface area contributed by atoms with Gasteiger partial charge in [0.25, 0.3) is 0 Å². The number of hydrogen-bond donors (Lipinski definition) is 3. The zero-order valence-electron chi connectivity index (χ0n) is 9.72. The van der Waals surface area contributed by atoms with Crippen LogP contribution in [-0.2, 0) is 4.79 Å². The third-order valence-electron chi connectivity index (χ3n) is 2.17. The van der Waals surface area contributed by atoms with E-state index in [-0.39, 0.29) is 5.91 Å². The largest absolute Gasteiger partial charge is 0.369 e. The van der Waals surface area contributed by atoms with Gasteiger partial charge in [-0.25, -0.2) is 0 Å². The summed E-state index contributed by atoms with van der Waals surface area (Å²) in [4.78, 5) is 11.0. The highest BCUT2D eigenvalue weighted by Crippen LogP contribution is 2.11. The van der Waals surface area contributed by atoms with Crippen molar-refractivity contribution >= 4 is 23.2 Å². The first-order valence-corrected chi connectivity index (χ1v) is 5.62. The van der Waals surface area contributed by atoms with E-state index in [0.29, 0.717) is 11.7 Å². The minimum absolute atomic E-state index is 0.327. The van der Waals surface area contributed by atoms with Crippen LogP contribution in [0, 0.1) is 5.41 Å². The van der Waals surface area contributed by atoms with E-state index in [4.69, 9.17) is 18.0 Å². The Morgan fingerprint density at radius 1 is 1.40 bits per heavy atom. The molecule has 4 N–H and O–H groups in total. The van der Waals surface area contributed by atoms with E-state index in [1.165, 1.54) is 0 Å². The molecule has 0 aromatic rings. The summed E-state index contributed by atoms with van der Waals surface area (Å²) in [5, 5.41) is 6.63. The van der Waals surface area contributed by atoms with E-state index in [2.05, 4.69) is 17.6 Å². The van der Waals surface area contributed by atoms with Gasteiger partial charge in [0.1, 0.15) is 0 Å². The molecule has 0 fully saturated rings. The molecule has 0 saturated carbocycles. The number of nitrogens with one attached hydrogen (secondary N) is 2. The molecule has 0 aromatic carbocycles. The molecule has 0 aromatic heterocycles. The highest BCUT2D eigenvalue weighted by Gasteiger charge is 2.24. The second kappa shape index (κ2) is 6.61. The maximum Gasteiger partial charge on any atom is 0.224 e. The van der Waals surface area contributed by atoms with Crippen LogP contribution < -0.4 is 16.4 Å². The first kappa shape index (κ1) is 14.2. The van der Waals surface area contributed by atoms with Crippen molar-refractivity contribution in [3.63, 3.8) is 0 Å². The maximum atomic E-state index is 11.0. The van der Waals surface area contributed by atoms with Crippen LogP contribution in [0.5, 0.6) is 0 Å². The van der Waals surface area contributed by atoms with Gasteiger partial charge in [0.05, 0.1) is 5.41 Å². The molecular formula is C10H21N3OS. The van der Waals surface area contributed by atoms with E-state index in [1.807, 2.05) is 0 Å². The lowest BCUT2D eigenvalue weighted by Crippen LogP contribution is -2.45. The number of primary amides is 1. The quantitative estimate of drug-likeness (QED) is 0.466. The highest BCUT2D eigenvalue weighted by molar-refractivity contribution is 7.80. The SMILES string of the molecule is CCCCNC(=S)NCC(C)(C)C(N)=O. The number of unbranched alkanes of at least 4 members (excludes halogenated alkanes) is 1. The van der Waals surface area contributed by atoms with Gasteiger partial charge in [-0.05, 0) is 32.5 Å². The molecule has 0 heterocycles. The van der Waals surface area contributed by atoms with Gasteiger partial charge in [-0.15, -0.1) is 0 Å². The van der Waals surface area contributed by atoms with Crippen molar-refractivity contribution in [1.82, 2.24) is 10.6 Å². The average Bonchev–Trinajstić information content (AvgIpc) is 2.15. The van der Waals surface area contributed by atoms with Gasteiger partial charge in [0.15, 0.2) is 5.11 Å². The Kier molecular flexibility index (Phi) is 6.24. The Morgan fingerprint density at radius 3 is 2.47 bits per heavy atom. The molecule has 0 bridgehead atoms. The molecule has 1 amide bonds. The monoisotopic (exact) mass is 231 g/mol. The average molecular weight is 231 g/mol. The Hall–Kier alpha value is -0.840. The van der Waals surface area contributed by atoms with Crippen LogP contribution in [0.25, 0.3) is 0 Å². The molecule has 0 aliphatic heterocycles. The number of rotatable bonds is 6. The lowest BCUT2D eigenvalue weighted by molar-refractivity contribution is -0.125. The summed E-state index contributed by atoms with van der Waals surface area (Å²) in [7, 11) is 0. The highest BCUT2D eigenvalue weighted by atomic mass is 32.1. The second-order valence-corrected chi connectivity index (χ2v) is 4.62. The van der Waals surface area contributed by atoms with Crippen molar-refractivity contribution < 1.29 is 4.79 Å². The standard InChI is InChI=1S/C10H21N3OS/c1-4-5-6-12-9(15)13-7-10(2,3)8(11)14/h4-7H2,1-3H3,(H2,11,14)(H2,12,13,15). The Bertz CT molecular complexity index is 229. The minimum atomic E-state index is -0.573. The van der Waals surface area contributed by atoms with Crippen LogP contribution in [0.2, 0.25) is 0 Å². The van der Waals surface area contributed by atoms with Crippen LogP contribution >= 0.6 is 12.2 Å². The Morgan fingerprint density at radius 2 is 2.00 bits per heavy atom. The molecule has 5 heteroatoms. The zero-order valence-corrected chi connectivity index (χ0v) is 10.5. The molecule has 0 aliphatic carbocycles. The van der Waals surface area contributed by atoms with Gasteiger partial charge in [-0.2, -0.15) is 0 Å². The summed E-state index contributed by atoms with van der Waals surface area (Å²) in [6.07, 6.45) is 2.21. The fraction of sp³-hybridized carbons (Fsp3) is 0.800. The van der Waals surface area contributed by atoms with Crippen molar-refractivity contribution in [3.8, 4) is 0 Å². The fourth-order valence-electron chi connectivity index (χ4n) is 0.830.